The Morgan fingerprint density at radius 3 is 2.51 bits per heavy atom. The molecule has 1 spiro atoms. The van der Waals surface area contributed by atoms with E-state index in [0.717, 1.165) is 37.1 Å². The summed E-state index contributed by atoms with van der Waals surface area (Å²) >= 11 is 0. The monoisotopic (exact) mass is 538 g/mol. The molecule has 3 fully saturated rings. The fraction of sp³-hybridized carbons (Fsp3) is 0.483. The Balaban J connectivity index is 1.30. The molecule has 8 nitrogen and oxygen atoms in total. The number of alkyl halides is 2. The van der Waals surface area contributed by atoms with Crippen molar-refractivity contribution in [2.24, 2.45) is 5.41 Å². The molecule has 2 aliphatic carbocycles. The van der Waals surface area contributed by atoms with Gasteiger partial charge in [-0.1, -0.05) is 18.6 Å². The number of pyridine rings is 2. The average molecular weight is 539 g/mol. The number of rotatable bonds is 8. The van der Waals surface area contributed by atoms with Crippen LogP contribution < -0.4 is 15.6 Å². The zero-order valence-electron chi connectivity index (χ0n) is 21.7. The lowest BCUT2D eigenvalue weighted by molar-refractivity contribution is -0.0498. The number of morpholine rings is 1. The van der Waals surface area contributed by atoms with Crippen LogP contribution in [0.3, 0.4) is 0 Å². The maximum absolute atomic E-state index is 13.6. The quantitative estimate of drug-likeness (QED) is 0.466. The summed E-state index contributed by atoms with van der Waals surface area (Å²) in [6.45, 7) is 1.04. The highest BCUT2D eigenvalue weighted by molar-refractivity contribution is 5.97. The van der Waals surface area contributed by atoms with Crippen molar-refractivity contribution in [1.82, 2.24) is 19.8 Å². The van der Waals surface area contributed by atoms with Gasteiger partial charge in [0.25, 0.3) is 11.5 Å². The number of carbonyl (C=O) groups excluding carboxylic acids is 1. The standard InChI is InChI=1S/C29H32F2N4O4/c30-28(31)39-23-4-2-19(3-5-23)21-14-20-15-24(26(36)33-22-16-29(17-22)6-1-7-29)27(37)35(25(20)32-18-21)9-8-34-10-12-38-13-11-34/h2-5,14-15,18,22,28H,1,6-13,16-17H2,(H,33,36). The highest BCUT2D eigenvalue weighted by atomic mass is 19.3. The summed E-state index contributed by atoms with van der Waals surface area (Å²) in [5, 5.41) is 3.75. The van der Waals surface area contributed by atoms with E-state index in [1.165, 1.54) is 31.4 Å². The number of amides is 1. The zero-order chi connectivity index (χ0) is 27.0. The highest BCUT2D eigenvalue weighted by Gasteiger charge is 2.48. The van der Waals surface area contributed by atoms with E-state index in [1.54, 1.807) is 29.0 Å². The van der Waals surface area contributed by atoms with Crippen molar-refractivity contribution in [3.8, 4) is 16.9 Å². The average Bonchev–Trinajstić information content (AvgIpc) is 2.89. The Morgan fingerprint density at radius 2 is 1.85 bits per heavy atom. The number of hydrogen-bond acceptors (Lipinski definition) is 6. The van der Waals surface area contributed by atoms with E-state index in [9.17, 15) is 18.4 Å². The molecule has 10 heteroatoms. The molecule has 0 radical (unpaired) electrons. The normalized spacial score (nSPS) is 19.2. The van der Waals surface area contributed by atoms with Crippen LogP contribution in [0.4, 0.5) is 8.78 Å². The van der Waals surface area contributed by atoms with Gasteiger partial charge in [0.1, 0.15) is 17.0 Å². The van der Waals surface area contributed by atoms with Crippen LogP contribution >= 0.6 is 0 Å². The Kier molecular flexibility index (Phi) is 7.07. The van der Waals surface area contributed by atoms with Crippen molar-refractivity contribution in [2.45, 2.75) is 51.3 Å². The van der Waals surface area contributed by atoms with Crippen molar-refractivity contribution in [1.29, 1.82) is 0 Å². The molecule has 6 rings (SSSR count). The molecule has 1 saturated heterocycles. The van der Waals surface area contributed by atoms with Crippen LogP contribution in [0.5, 0.6) is 5.75 Å². The minimum Gasteiger partial charge on any atom is -0.435 e. The molecular formula is C29H32F2N4O4. The first-order valence-corrected chi connectivity index (χ1v) is 13.6. The van der Waals surface area contributed by atoms with Crippen LogP contribution in [0.25, 0.3) is 22.2 Å². The molecule has 3 heterocycles. The molecule has 39 heavy (non-hydrogen) atoms. The minimum atomic E-state index is -2.89. The number of benzene rings is 1. The molecule has 0 bridgehead atoms. The number of ether oxygens (including phenoxy) is 2. The smallest absolute Gasteiger partial charge is 0.387 e. The van der Waals surface area contributed by atoms with Crippen molar-refractivity contribution < 1.29 is 23.0 Å². The Labute approximate surface area is 224 Å². The van der Waals surface area contributed by atoms with Gasteiger partial charge in [0.15, 0.2) is 0 Å². The Hall–Kier alpha value is -3.37. The molecule has 1 aromatic carbocycles. The third-order valence-corrected chi connectivity index (χ3v) is 8.44. The molecule has 2 saturated carbocycles. The SMILES string of the molecule is O=C(NC1CC2(CCC2)C1)c1cc2cc(-c3ccc(OC(F)F)cc3)cnc2n(CCN2CCOCC2)c1=O. The molecule has 3 aliphatic rings. The van der Waals surface area contributed by atoms with Crippen molar-refractivity contribution >= 4 is 16.9 Å². The fourth-order valence-corrected chi connectivity index (χ4v) is 6.12. The summed E-state index contributed by atoms with van der Waals surface area (Å²) in [4.78, 5) is 33.8. The number of nitrogens with zero attached hydrogens (tertiary/aromatic N) is 3. The fourth-order valence-electron chi connectivity index (χ4n) is 6.12. The predicted molar refractivity (Wildman–Crippen MR) is 142 cm³/mol. The number of halogens is 2. The Bertz CT molecular complexity index is 1410. The number of carbonyl (C=O) groups is 1. The van der Waals surface area contributed by atoms with Gasteiger partial charge in [-0.05, 0) is 60.9 Å². The molecule has 0 atom stereocenters. The van der Waals surface area contributed by atoms with Crippen LogP contribution in [0.15, 0.2) is 47.4 Å². The summed E-state index contributed by atoms with van der Waals surface area (Å²) in [6.07, 6.45) is 7.34. The van der Waals surface area contributed by atoms with E-state index in [4.69, 9.17) is 4.74 Å². The summed E-state index contributed by atoms with van der Waals surface area (Å²) < 4.78 is 36.6. The van der Waals surface area contributed by atoms with Gasteiger partial charge in [-0.15, -0.1) is 0 Å². The summed E-state index contributed by atoms with van der Waals surface area (Å²) in [6, 6.07) is 9.90. The molecule has 1 aliphatic heterocycles. The molecular weight excluding hydrogens is 506 g/mol. The maximum Gasteiger partial charge on any atom is 0.387 e. The third-order valence-electron chi connectivity index (χ3n) is 8.44. The lowest BCUT2D eigenvalue weighted by atomic mass is 9.54. The second-order valence-corrected chi connectivity index (χ2v) is 10.9. The van der Waals surface area contributed by atoms with Crippen molar-refractivity contribution in [3.05, 3.63) is 58.5 Å². The van der Waals surface area contributed by atoms with Gasteiger partial charge in [-0.3, -0.25) is 19.1 Å². The molecule has 0 unspecified atom stereocenters. The van der Waals surface area contributed by atoms with Gasteiger partial charge >= 0.3 is 6.61 Å². The predicted octanol–water partition coefficient (Wildman–Crippen LogP) is 4.06. The number of nitrogens with one attached hydrogen (secondary N) is 1. The molecule has 1 amide bonds. The van der Waals surface area contributed by atoms with E-state index < -0.39 is 6.61 Å². The third kappa shape index (κ3) is 5.40. The van der Waals surface area contributed by atoms with Gasteiger partial charge < -0.3 is 14.8 Å². The Morgan fingerprint density at radius 1 is 1.10 bits per heavy atom. The van der Waals surface area contributed by atoms with E-state index in [0.29, 0.717) is 42.8 Å². The van der Waals surface area contributed by atoms with Gasteiger partial charge in [0.2, 0.25) is 0 Å². The number of fused-ring (bicyclic) bond motifs is 1. The molecule has 2 aromatic heterocycles. The minimum absolute atomic E-state index is 0.0677. The molecule has 206 valence electrons. The van der Waals surface area contributed by atoms with Crippen LogP contribution in [0, 0.1) is 5.41 Å². The lowest BCUT2D eigenvalue weighted by Gasteiger charge is -2.54. The first-order valence-electron chi connectivity index (χ1n) is 13.6. The lowest BCUT2D eigenvalue weighted by Crippen LogP contribution is -2.54. The second kappa shape index (κ2) is 10.7. The topological polar surface area (TPSA) is 85.7 Å². The van der Waals surface area contributed by atoms with E-state index in [-0.39, 0.29) is 28.8 Å². The van der Waals surface area contributed by atoms with Crippen LogP contribution in [0.1, 0.15) is 42.5 Å². The van der Waals surface area contributed by atoms with Crippen LogP contribution in [-0.2, 0) is 11.3 Å². The number of hydrogen-bond donors (Lipinski definition) is 1. The van der Waals surface area contributed by atoms with Crippen LogP contribution in [-0.4, -0.2) is 65.9 Å². The van der Waals surface area contributed by atoms with Crippen molar-refractivity contribution in [2.75, 3.05) is 32.8 Å². The first-order chi connectivity index (χ1) is 18.9. The number of aromatic nitrogens is 2. The van der Waals surface area contributed by atoms with E-state index >= 15 is 0 Å². The van der Waals surface area contributed by atoms with Crippen molar-refractivity contribution in [3.63, 3.8) is 0 Å². The second-order valence-electron chi connectivity index (χ2n) is 10.9. The largest absolute Gasteiger partial charge is 0.435 e. The maximum atomic E-state index is 13.6. The molecule has 3 aromatic rings. The summed E-state index contributed by atoms with van der Waals surface area (Å²) in [7, 11) is 0. The van der Waals surface area contributed by atoms with Gasteiger partial charge in [-0.2, -0.15) is 8.78 Å². The van der Waals surface area contributed by atoms with E-state index in [2.05, 4.69) is 19.9 Å². The highest BCUT2D eigenvalue weighted by Crippen LogP contribution is 2.55. The summed E-state index contributed by atoms with van der Waals surface area (Å²) in [5.74, 6) is -0.279. The summed E-state index contributed by atoms with van der Waals surface area (Å²) in [5.41, 5.74) is 2.17. The van der Waals surface area contributed by atoms with Crippen LogP contribution in [0.2, 0.25) is 0 Å². The molecule has 1 N–H and O–H groups in total. The van der Waals surface area contributed by atoms with Gasteiger partial charge in [0.05, 0.1) is 13.2 Å². The van der Waals surface area contributed by atoms with E-state index in [1.807, 2.05) is 6.07 Å². The van der Waals surface area contributed by atoms with Gasteiger partial charge in [0, 0.05) is 49.4 Å². The van der Waals surface area contributed by atoms with Gasteiger partial charge in [-0.25, -0.2) is 4.98 Å². The first kappa shape index (κ1) is 25.9. The zero-order valence-corrected chi connectivity index (χ0v) is 21.7.